The molecule has 0 aliphatic heterocycles. The van der Waals surface area contributed by atoms with Gasteiger partial charge < -0.3 is 18.6 Å². The zero-order valence-corrected chi connectivity index (χ0v) is 16.0. The fourth-order valence-electron chi connectivity index (χ4n) is 2.36. The second kappa shape index (κ2) is 8.55. The van der Waals surface area contributed by atoms with Crippen LogP contribution in [0.2, 0.25) is 0 Å². The van der Waals surface area contributed by atoms with Gasteiger partial charge in [0.25, 0.3) is 0 Å². The maximum Gasteiger partial charge on any atom is 0.331 e. The Kier molecular flexibility index (Phi) is 5.93. The summed E-state index contributed by atoms with van der Waals surface area (Å²) in [5.41, 5.74) is 1.59. The van der Waals surface area contributed by atoms with Crippen LogP contribution in [0.25, 0.3) is 16.6 Å². The van der Waals surface area contributed by atoms with Crippen LogP contribution in [0.5, 0.6) is 11.5 Å². The average molecular weight is 385 g/mol. The average Bonchev–Trinajstić information content (AvgIpc) is 3.33. The monoisotopic (exact) mass is 385 g/mol. The molecule has 1 aromatic carbocycles. The molecule has 6 nitrogen and oxygen atoms in total. The van der Waals surface area contributed by atoms with Crippen LogP contribution in [0.1, 0.15) is 17.2 Å². The number of esters is 1. The SMILES string of the molecule is COc1ccc(-c2nc(COC(=O)/C=C/c3ccc(C)o3)cs2)cc1OC. The second-order valence-electron chi connectivity index (χ2n) is 5.60. The number of hydrogen-bond donors (Lipinski definition) is 0. The number of ether oxygens (including phenoxy) is 3. The molecule has 0 unspecified atom stereocenters. The zero-order valence-electron chi connectivity index (χ0n) is 15.2. The molecular formula is C20H19NO5S. The number of carbonyl (C=O) groups excluding carboxylic acids is 1. The molecule has 0 radical (unpaired) electrons. The minimum atomic E-state index is -0.454. The van der Waals surface area contributed by atoms with E-state index < -0.39 is 5.97 Å². The summed E-state index contributed by atoms with van der Waals surface area (Å²) < 4.78 is 21.1. The molecule has 0 saturated heterocycles. The molecule has 2 heterocycles. The smallest absolute Gasteiger partial charge is 0.331 e. The van der Waals surface area contributed by atoms with Crippen molar-refractivity contribution >= 4 is 23.4 Å². The summed E-state index contributed by atoms with van der Waals surface area (Å²) in [7, 11) is 3.18. The van der Waals surface area contributed by atoms with E-state index in [4.69, 9.17) is 18.6 Å². The van der Waals surface area contributed by atoms with Crippen molar-refractivity contribution in [2.24, 2.45) is 0 Å². The summed E-state index contributed by atoms with van der Waals surface area (Å²) in [5, 5.41) is 2.67. The van der Waals surface area contributed by atoms with E-state index in [0.717, 1.165) is 16.3 Å². The predicted octanol–water partition coefficient (Wildman–Crippen LogP) is 4.49. The lowest BCUT2D eigenvalue weighted by molar-refractivity contribution is -0.139. The van der Waals surface area contributed by atoms with Gasteiger partial charge in [0.05, 0.1) is 19.9 Å². The van der Waals surface area contributed by atoms with Gasteiger partial charge in [-0.3, -0.25) is 0 Å². The van der Waals surface area contributed by atoms with Crippen molar-refractivity contribution < 1.29 is 23.4 Å². The Morgan fingerprint density at radius 2 is 2.00 bits per heavy atom. The first-order chi connectivity index (χ1) is 13.1. The van der Waals surface area contributed by atoms with Crippen LogP contribution >= 0.6 is 11.3 Å². The number of carbonyl (C=O) groups is 1. The molecule has 3 aromatic rings. The number of furan rings is 1. The first-order valence-electron chi connectivity index (χ1n) is 8.17. The molecule has 2 aromatic heterocycles. The Balaban J connectivity index is 1.61. The van der Waals surface area contributed by atoms with Gasteiger partial charge in [-0.1, -0.05) is 0 Å². The molecule has 0 aliphatic rings. The highest BCUT2D eigenvalue weighted by molar-refractivity contribution is 7.13. The molecule has 0 aliphatic carbocycles. The van der Waals surface area contributed by atoms with Gasteiger partial charge in [-0.05, 0) is 43.3 Å². The van der Waals surface area contributed by atoms with Gasteiger partial charge in [0.1, 0.15) is 23.1 Å². The Bertz CT molecular complexity index is 957. The maximum absolute atomic E-state index is 11.8. The van der Waals surface area contributed by atoms with Crippen molar-refractivity contribution in [3.63, 3.8) is 0 Å². The Hall–Kier alpha value is -3.06. The number of benzene rings is 1. The fourth-order valence-corrected chi connectivity index (χ4v) is 3.16. The van der Waals surface area contributed by atoms with Crippen molar-refractivity contribution in [2.75, 3.05) is 14.2 Å². The topological polar surface area (TPSA) is 70.8 Å². The third-order valence-corrected chi connectivity index (χ3v) is 4.63. The molecule has 27 heavy (non-hydrogen) atoms. The number of hydrogen-bond acceptors (Lipinski definition) is 7. The van der Waals surface area contributed by atoms with E-state index in [1.807, 2.05) is 36.6 Å². The molecule has 0 atom stereocenters. The van der Waals surface area contributed by atoms with E-state index in [1.54, 1.807) is 26.4 Å². The minimum absolute atomic E-state index is 0.101. The molecule has 0 fully saturated rings. The highest BCUT2D eigenvalue weighted by atomic mass is 32.1. The van der Waals surface area contributed by atoms with Crippen LogP contribution in [0.4, 0.5) is 0 Å². The summed E-state index contributed by atoms with van der Waals surface area (Å²) in [6, 6.07) is 9.22. The molecule has 7 heteroatoms. The van der Waals surface area contributed by atoms with Crippen LogP contribution in [0.3, 0.4) is 0 Å². The zero-order chi connectivity index (χ0) is 19.2. The first kappa shape index (κ1) is 18.7. The molecule has 0 amide bonds. The minimum Gasteiger partial charge on any atom is -0.493 e. The van der Waals surface area contributed by atoms with Crippen LogP contribution in [-0.4, -0.2) is 25.2 Å². The standard InChI is InChI=1S/C20H19NO5S/c1-13-4-6-16(26-13)7-9-19(22)25-11-15-12-27-20(21-15)14-5-8-17(23-2)18(10-14)24-3/h4-10,12H,11H2,1-3H3/b9-7+. The number of aryl methyl sites for hydroxylation is 1. The van der Waals surface area contributed by atoms with Gasteiger partial charge in [0.2, 0.25) is 0 Å². The van der Waals surface area contributed by atoms with Crippen molar-refractivity contribution in [1.82, 2.24) is 4.98 Å². The van der Waals surface area contributed by atoms with Gasteiger partial charge in [0.15, 0.2) is 11.5 Å². The summed E-state index contributed by atoms with van der Waals surface area (Å²) in [4.78, 5) is 16.3. The Labute approximate surface area is 161 Å². The molecular weight excluding hydrogens is 366 g/mol. The lowest BCUT2D eigenvalue weighted by Gasteiger charge is -2.08. The van der Waals surface area contributed by atoms with E-state index in [1.165, 1.54) is 17.4 Å². The molecule has 0 bridgehead atoms. The van der Waals surface area contributed by atoms with Gasteiger partial charge >= 0.3 is 5.97 Å². The molecule has 0 N–H and O–H groups in total. The van der Waals surface area contributed by atoms with E-state index in [9.17, 15) is 4.79 Å². The van der Waals surface area contributed by atoms with Crippen LogP contribution in [0, 0.1) is 6.92 Å². The highest BCUT2D eigenvalue weighted by Crippen LogP contribution is 2.33. The molecule has 3 rings (SSSR count). The highest BCUT2D eigenvalue weighted by Gasteiger charge is 2.10. The van der Waals surface area contributed by atoms with Crippen molar-refractivity contribution in [2.45, 2.75) is 13.5 Å². The molecule has 0 saturated carbocycles. The summed E-state index contributed by atoms with van der Waals surface area (Å²) >= 11 is 1.47. The fraction of sp³-hybridized carbons (Fsp3) is 0.200. The number of nitrogens with zero attached hydrogens (tertiary/aromatic N) is 1. The quantitative estimate of drug-likeness (QED) is 0.441. The molecule has 0 spiro atoms. The number of methoxy groups -OCH3 is 2. The first-order valence-corrected chi connectivity index (χ1v) is 9.05. The van der Waals surface area contributed by atoms with Crippen LogP contribution < -0.4 is 9.47 Å². The Morgan fingerprint density at radius 3 is 2.70 bits per heavy atom. The number of rotatable bonds is 7. The number of thiazole rings is 1. The lowest BCUT2D eigenvalue weighted by Crippen LogP contribution is -2.00. The summed E-state index contributed by atoms with van der Waals surface area (Å²) in [6.45, 7) is 1.94. The van der Waals surface area contributed by atoms with Crippen molar-refractivity contribution in [3.8, 4) is 22.1 Å². The van der Waals surface area contributed by atoms with Crippen molar-refractivity contribution in [3.05, 3.63) is 59.0 Å². The van der Waals surface area contributed by atoms with Crippen molar-refractivity contribution in [1.29, 1.82) is 0 Å². The lowest BCUT2D eigenvalue weighted by atomic mass is 10.2. The third-order valence-electron chi connectivity index (χ3n) is 3.69. The normalized spacial score (nSPS) is 10.9. The number of aromatic nitrogens is 1. The van der Waals surface area contributed by atoms with E-state index in [0.29, 0.717) is 23.0 Å². The second-order valence-corrected chi connectivity index (χ2v) is 6.46. The largest absolute Gasteiger partial charge is 0.493 e. The third kappa shape index (κ3) is 4.77. The Morgan fingerprint density at radius 1 is 1.19 bits per heavy atom. The van der Waals surface area contributed by atoms with E-state index in [2.05, 4.69) is 4.98 Å². The van der Waals surface area contributed by atoms with E-state index in [-0.39, 0.29) is 6.61 Å². The van der Waals surface area contributed by atoms with Crippen LogP contribution in [0.15, 0.2) is 46.2 Å². The van der Waals surface area contributed by atoms with Gasteiger partial charge in [-0.25, -0.2) is 9.78 Å². The summed E-state index contributed by atoms with van der Waals surface area (Å²) in [6.07, 6.45) is 2.91. The van der Waals surface area contributed by atoms with Crippen LogP contribution in [-0.2, 0) is 16.1 Å². The summed E-state index contributed by atoms with van der Waals surface area (Å²) in [5.74, 6) is 2.23. The molecule has 140 valence electrons. The maximum atomic E-state index is 11.8. The van der Waals surface area contributed by atoms with Gasteiger partial charge in [-0.15, -0.1) is 11.3 Å². The predicted molar refractivity (Wildman–Crippen MR) is 103 cm³/mol. The van der Waals surface area contributed by atoms with Gasteiger partial charge in [0, 0.05) is 17.0 Å². The van der Waals surface area contributed by atoms with Gasteiger partial charge in [-0.2, -0.15) is 0 Å². The van der Waals surface area contributed by atoms with E-state index >= 15 is 0 Å².